The summed E-state index contributed by atoms with van der Waals surface area (Å²) in [5.74, 6) is -1.40. The number of fused-ring (bicyclic) bond motifs is 1. The van der Waals surface area contributed by atoms with Crippen LogP contribution in [0.2, 0.25) is 0 Å². The Kier molecular flexibility index (Phi) is 8.19. The molecule has 1 aliphatic carbocycles. The van der Waals surface area contributed by atoms with Gasteiger partial charge in [0, 0.05) is 16.7 Å². The predicted octanol–water partition coefficient (Wildman–Crippen LogP) is 7.40. The Hall–Kier alpha value is -4.71. The second-order valence-electron chi connectivity index (χ2n) is 10.2. The van der Waals surface area contributed by atoms with Gasteiger partial charge in [-0.1, -0.05) is 56.1 Å². The first-order valence-electron chi connectivity index (χ1n) is 12.9. The molecule has 6 nitrogen and oxygen atoms in total. The minimum absolute atomic E-state index is 0.109. The summed E-state index contributed by atoms with van der Waals surface area (Å²) in [5.41, 5.74) is 7.76. The summed E-state index contributed by atoms with van der Waals surface area (Å²) in [5, 5.41) is 0. The smallest absolute Gasteiger partial charge is 0.338 e. The Morgan fingerprint density at radius 1 is 0.700 bits per heavy atom. The molecule has 4 rings (SSSR count). The van der Waals surface area contributed by atoms with Gasteiger partial charge in [-0.05, 0) is 97.7 Å². The second-order valence-corrected chi connectivity index (χ2v) is 10.2. The first kappa shape index (κ1) is 28.3. The maximum Gasteiger partial charge on any atom is 0.338 e. The summed E-state index contributed by atoms with van der Waals surface area (Å²) >= 11 is 0. The molecule has 0 amide bonds. The van der Waals surface area contributed by atoms with E-state index in [1.165, 1.54) is 12.5 Å². The minimum Gasteiger partial charge on any atom is -0.454 e. The first-order chi connectivity index (χ1) is 18.9. The molecule has 1 atom stereocenters. The molecule has 0 saturated carbocycles. The predicted molar refractivity (Wildman–Crippen MR) is 155 cm³/mol. The first-order valence-corrected chi connectivity index (χ1v) is 12.9. The average Bonchev–Trinajstić information content (AvgIpc) is 3.31. The van der Waals surface area contributed by atoms with E-state index in [1.807, 2.05) is 19.1 Å². The molecule has 0 heterocycles. The highest BCUT2D eigenvalue weighted by atomic mass is 16.6. The Morgan fingerprint density at radius 2 is 1.27 bits per heavy atom. The van der Waals surface area contributed by atoms with Crippen LogP contribution in [-0.2, 0) is 25.5 Å². The fourth-order valence-corrected chi connectivity index (χ4v) is 4.48. The minimum atomic E-state index is -0.624. The monoisotopic (exact) mass is 536 g/mol. The van der Waals surface area contributed by atoms with Crippen molar-refractivity contribution in [2.45, 2.75) is 46.6 Å². The number of carbonyl (C=O) groups excluding carboxylic acids is 3. The van der Waals surface area contributed by atoms with E-state index in [1.54, 1.807) is 32.0 Å². The number of hydrogen-bond donors (Lipinski definition) is 0. The summed E-state index contributed by atoms with van der Waals surface area (Å²) < 4.78 is 16.6. The normalized spacial score (nSPS) is 13.7. The number of aryl methyl sites for hydroxylation is 2. The van der Waals surface area contributed by atoms with Gasteiger partial charge >= 0.3 is 17.9 Å². The van der Waals surface area contributed by atoms with E-state index in [2.05, 4.69) is 44.0 Å². The van der Waals surface area contributed by atoms with Gasteiger partial charge in [0.15, 0.2) is 11.5 Å². The zero-order chi connectivity index (χ0) is 29.1. The summed E-state index contributed by atoms with van der Waals surface area (Å²) in [6.07, 6.45) is 1.33. The van der Waals surface area contributed by atoms with Gasteiger partial charge in [0.2, 0.25) is 0 Å². The van der Waals surface area contributed by atoms with E-state index < -0.39 is 11.9 Å². The number of hydrogen-bond acceptors (Lipinski definition) is 6. The maximum atomic E-state index is 12.3. The van der Waals surface area contributed by atoms with Crippen molar-refractivity contribution in [2.75, 3.05) is 0 Å². The fourth-order valence-electron chi connectivity index (χ4n) is 4.48. The fraction of sp³-hybridized carbons (Fsp3) is 0.206. The third kappa shape index (κ3) is 6.12. The lowest BCUT2D eigenvalue weighted by atomic mass is 9.94. The zero-order valence-electron chi connectivity index (χ0n) is 23.3. The molecule has 0 radical (unpaired) electrons. The van der Waals surface area contributed by atoms with Gasteiger partial charge in [-0.2, -0.15) is 0 Å². The van der Waals surface area contributed by atoms with E-state index in [4.69, 9.17) is 14.2 Å². The largest absolute Gasteiger partial charge is 0.454 e. The molecule has 40 heavy (non-hydrogen) atoms. The number of esters is 3. The van der Waals surface area contributed by atoms with Crippen molar-refractivity contribution in [1.82, 2.24) is 0 Å². The SMILES string of the molecule is C=C(C)C(=O)Oc1ccc(-c2ccc(-c3ccc4c(c3)C(OC(=O)C(=C)C)CC4)cc2C)cc1OC(=O)C(=C)C. The lowest BCUT2D eigenvalue weighted by Crippen LogP contribution is -2.12. The lowest BCUT2D eigenvalue weighted by molar-refractivity contribution is -0.144. The molecular formula is C34H32O6. The summed E-state index contributed by atoms with van der Waals surface area (Å²) in [6, 6.07) is 17.4. The van der Waals surface area contributed by atoms with Crippen LogP contribution < -0.4 is 9.47 Å². The highest BCUT2D eigenvalue weighted by molar-refractivity contribution is 5.91. The maximum absolute atomic E-state index is 12.3. The van der Waals surface area contributed by atoms with Crippen LogP contribution in [0.1, 0.15) is 50.0 Å². The van der Waals surface area contributed by atoms with Crippen LogP contribution in [0.15, 0.2) is 91.1 Å². The van der Waals surface area contributed by atoms with E-state index >= 15 is 0 Å². The van der Waals surface area contributed by atoms with Crippen LogP contribution in [0, 0.1) is 6.92 Å². The number of benzene rings is 3. The molecule has 3 aromatic rings. The Morgan fingerprint density at radius 3 is 1.90 bits per heavy atom. The van der Waals surface area contributed by atoms with Gasteiger partial charge in [0.25, 0.3) is 0 Å². The van der Waals surface area contributed by atoms with Gasteiger partial charge in [0.1, 0.15) is 6.10 Å². The van der Waals surface area contributed by atoms with Crippen molar-refractivity contribution < 1.29 is 28.6 Å². The van der Waals surface area contributed by atoms with Crippen molar-refractivity contribution in [1.29, 1.82) is 0 Å². The van der Waals surface area contributed by atoms with Crippen LogP contribution >= 0.6 is 0 Å². The average molecular weight is 537 g/mol. The van der Waals surface area contributed by atoms with E-state index in [9.17, 15) is 14.4 Å². The molecule has 6 heteroatoms. The number of carbonyl (C=O) groups is 3. The van der Waals surface area contributed by atoms with E-state index in [0.29, 0.717) is 5.57 Å². The van der Waals surface area contributed by atoms with Crippen molar-refractivity contribution in [3.8, 4) is 33.8 Å². The molecule has 0 fully saturated rings. The molecular weight excluding hydrogens is 504 g/mol. The number of rotatable bonds is 8. The molecule has 0 bridgehead atoms. The molecule has 0 aromatic heterocycles. The number of ether oxygens (including phenoxy) is 3. The Labute approximate surface area is 234 Å². The molecule has 0 N–H and O–H groups in total. The van der Waals surface area contributed by atoms with E-state index in [0.717, 1.165) is 46.2 Å². The molecule has 3 aromatic carbocycles. The molecule has 1 aliphatic rings. The summed E-state index contributed by atoms with van der Waals surface area (Å²) in [4.78, 5) is 36.5. The topological polar surface area (TPSA) is 78.9 Å². The van der Waals surface area contributed by atoms with Crippen LogP contribution in [0.4, 0.5) is 0 Å². The Balaban J connectivity index is 1.65. The van der Waals surface area contributed by atoms with E-state index in [-0.39, 0.29) is 34.7 Å². The van der Waals surface area contributed by atoms with Gasteiger partial charge in [0.05, 0.1) is 0 Å². The zero-order valence-corrected chi connectivity index (χ0v) is 23.3. The van der Waals surface area contributed by atoms with Gasteiger partial charge in [-0.25, -0.2) is 14.4 Å². The molecule has 0 spiro atoms. The highest BCUT2D eigenvalue weighted by Crippen LogP contribution is 2.39. The molecule has 0 aliphatic heterocycles. The van der Waals surface area contributed by atoms with Gasteiger partial charge in [-0.3, -0.25) is 0 Å². The van der Waals surface area contributed by atoms with Crippen LogP contribution in [0.5, 0.6) is 11.5 Å². The van der Waals surface area contributed by atoms with Crippen molar-refractivity contribution in [3.63, 3.8) is 0 Å². The lowest BCUT2D eigenvalue weighted by Gasteiger charge is -2.16. The third-order valence-electron chi connectivity index (χ3n) is 6.68. The molecule has 1 unspecified atom stereocenters. The standard InChI is InChI=1S/C34H32O6/c1-19(2)32(35)38-29-14-11-23-8-9-25(17-28(23)29)24-10-13-27(22(7)16-24)26-12-15-30(39-33(36)20(3)4)31(18-26)40-34(37)21(5)6/h8-10,12-13,15-18,29H,1,3,5,11,14H2,2,4,6-7H3. The second kappa shape index (κ2) is 11.6. The Bertz CT molecular complexity index is 1580. The van der Waals surface area contributed by atoms with Crippen LogP contribution in [-0.4, -0.2) is 17.9 Å². The van der Waals surface area contributed by atoms with Gasteiger partial charge in [-0.15, -0.1) is 0 Å². The van der Waals surface area contributed by atoms with Crippen molar-refractivity contribution >= 4 is 17.9 Å². The van der Waals surface area contributed by atoms with Crippen molar-refractivity contribution in [2.24, 2.45) is 0 Å². The molecule has 204 valence electrons. The van der Waals surface area contributed by atoms with Crippen molar-refractivity contribution in [3.05, 3.63) is 108 Å². The summed E-state index contributed by atoms with van der Waals surface area (Å²) in [6.45, 7) is 17.6. The highest BCUT2D eigenvalue weighted by Gasteiger charge is 2.26. The molecule has 0 saturated heterocycles. The third-order valence-corrected chi connectivity index (χ3v) is 6.68. The van der Waals surface area contributed by atoms with Crippen LogP contribution in [0.25, 0.3) is 22.3 Å². The summed E-state index contributed by atoms with van der Waals surface area (Å²) in [7, 11) is 0. The van der Waals surface area contributed by atoms with Crippen LogP contribution in [0.3, 0.4) is 0 Å². The van der Waals surface area contributed by atoms with Gasteiger partial charge < -0.3 is 14.2 Å². The quantitative estimate of drug-likeness (QED) is 0.170.